The molecule has 0 aliphatic carbocycles. The summed E-state index contributed by atoms with van der Waals surface area (Å²) in [5, 5.41) is 9.49. The fraction of sp³-hybridized carbons (Fsp3) is 0.462. The van der Waals surface area contributed by atoms with Crippen molar-refractivity contribution in [2.45, 2.75) is 13.8 Å². The molecule has 0 aliphatic rings. The van der Waals surface area contributed by atoms with Gasteiger partial charge in [0.15, 0.2) is 5.75 Å². The van der Waals surface area contributed by atoms with Gasteiger partial charge in [0.1, 0.15) is 12.2 Å². The zero-order valence-electron chi connectivity index (χ0n) is 10.8. The number of rotatable bonds is 7. The molecule has 0 saturated carbocycles. The number of carboxylic acid groups (broad SMARTS) is 1. The van der Waals surface area contributed by atoms with E-state index in [0.29, 0.717) is 19.1 Å². The van der Waals surface area contributed by atoms with Gasteiger partial charge in [0.2, 0.25) is 0 Å². The van der Waals surface area contributed by atoms with Crippen LogP contribution in [0.1, 0.15) is 24.2 Å². The Bertz CT molecular complexity index is 447. The number of ether oxygens (including phenoxy) is 2. The molecule has 0 bridgehead atoms. The number of hydrogen-bond acceptors (Lipinski definition) is 3. The van der Waals surface area contributed by atoms with Crippen molar-refractivity contribution in [3.63, 3.8) is 0 Å². The molecule has 0 aromatic heterocycles. The Balaban J connectivity index is 2.64. The smallest absolute Gasteiger partial charge is 0.339 e. The van der Waals surface area contributed by atoms with Gasteiger partial charge in [0, 0.05) is 11.6 Å². The summed E-state index contributed by atoms with van der Waals surface area (Å²) in [6.45, 7) is 5.31. The molecule has 0 atom stereocenters. The molecule has 0 radical (unpaired) electrons. The Morgan fingerprint density at radius 3 is 2.58 bits per heavy atom. The summed E-state index contributed by atoms with van der Waals surface area (Å²) in [6, 6.07) is 2.75. The van der Waals surface area contributed by atoms with E-state index in [1.54, 1.807) is 0 Å². The van der Waals surface area contributed by atoms with Crippen molar-refractivity contribution in [1.82, 2.24) is 0 Å². The topological polar surface area (TPSA) is 55.8 Å². The molecule has 0 amide bonds. The summed E-state index contributed by atoms with van der Waals surface area (Å²) < 4.78 is 10.7. The quantitative estimate of drug-likeness (QED) is 0.780. The van der Waals surface area contributed by atoms with Gasteiger partial charge in [-0.3, -0.25) is 0 Å². The third-order valence-electron chi connectivity index (χ3n) is 2.16. The first kappa shape index (κ1) is 16.1. The lowest BCUT2D eigenvalue weighted by Crippen LogP contribution is -2.12. The van der Waals surface area contributed by atoms with Crippen molar-refractivity contribution in [3.05, 3.63) is 27.7 Å². The first-order valence-corrected chi connectivity index (χ1v) is 6.60. The Kier molecular flexibility index (Phi) is 6.42. The van der Waals surface area contributed by atoms with E-state index in [9.17, 15) is 4.79 Å². The van der Waals surface area contributed by atoms with E-state index >= 15 is 0 Å². The Hall–Kier alpha value is -0.970. The fourth-order valence-electron chi connectivity index (χ4n) is 1.39. The first-order valence-electron chi connectivity index (χ1n) is 5.84. The van der Waals surface area contributed by atoms with Gasteiger partial charge in [0.05, 0.1) is 11.6 Å². The zero-order chi connectivity index (χ0) is 14.4. The lowest BCUT2D eigenvalue weighted by Gasteiger charge is -2.12. The minimum Gasteiger partial charge on any atom is -0.489 e. The van der Waals surface area contributed by atoms with Crippen molar-refractivity contribution >= 4 is 29.2 Å². The number of aromatic carboxylic acids is 1. The molecule has 19 heavy (non-hydrogen) atoms. The van der Waals surface area contributed by atoms with Crippen molar-refractivity contribution in [2.75, 3.05) is 19.8 Å². The largest absolute Gasteiger partial charge is 0.489 e. The van der Waals surface area contributed by atoms with Crippen LogP contribution in [0.25, 0.3) is 0 Å². The summed E-state index contributed by atoms with van der Waals surface area (Å²) in [7, 11) is 0. The van der Waals surface area contributed by atoms with Gasteiger partial charge < -0.3 is 14.6 Å². The molecule has 1 aromatic rings. The van der Waals surface area contributed by atoms with Crippen LogP contribution in [0.2, 0.25) is 10.0 Å². The lowest BCUT2D eigenvalue weighted by molar-refractivity contribution is 0.0677. The second-order valence-corrected chi connectivity index (χ2v) is 5.23. The fourth-order valence-corrected chi connectivity index (χ4v) is 1.94. The minimum absolute atomic E-state index is 0.0543. The van der Waals surface area contributed by atoms with Crippen molar-refractivity contribution in [2.24, 2.45) is 5.92 Å². The average Bonchev–Trinajstić information content (AvgIpc) is 2.29. The molecule has 0 spiro atoms. The molecule has 1 aromatic carbocycles. The second-order valence-electron chi connectivity index (χ2n) is 4.39. The standard InChI is InChI=1S/C13H16Cl2O4/c1-8(2)7-18-3-4-19-12-10(13(16)17)5-9(14)6-11(12)15/h5-6,8H,3-4,7H2,1-2H3,(H,16,17). The summed E-state index contributed by atoms with van der Waals surface area (Å²) in [5.41, 5.74) is -0.0543. The van der Waals surface area contributed by atoms with Gasteiger partial charge in [-0.2, -0.15) is 0 Å². The molecule has 0 saturated heterocycles. The van der Waals surface area contributed by atoms with Crippen molar-refractivity contribution < 1.29 is 19.4 Å². The van der Waals surface area contributed by atoms with Crippen LogP contribution in [0.3, 0.4) is 0 Å². The van der Waals surface area contributed by atoms with E-state index < -0.39 is 5.97 Å². The van der Waals surface area contributed by atoms with Gasteiger partial charge in [0.25, 0.3) is 0 Å². The van der Waals surface area contributed by atoms with Gasteiger partial charge >= 0.3 is 5.97 Å². The van der Waals surface area contributed by atoms with E-state index in [1.807, 2.05) is 13.8 Å². The predicted molar refractivity (Wildman–Crippen MR) is 74.6 cm³/mol. The van der Waals surface area contributed by atoms with Crippen molar-refractivity contribution in [3.8, 4) is 5.75 Å². The molecule has 106 valence electrons. The average molecular weight is 307 g/mol. The monoisotopic (exact) mass is 306 g/mol. The highest BCUT2D eigenvalue weighted by atomic mass is 35.5. The van der Waals surface area contributed by atoms with Gasteiger partial charge in [-0.1, -0.05) is 37.0 Å². The molecule has 0 heterocycles. The normalized spacial score (nSPS) is 10.8. The van der Waals surface area contributed by atoms with Crippen LogP contribution in [-0.4, -0.2) is 30.9 Å². The van der Waals surface area contributed by atoms with Crippen LogP contribution >= 0.6 is 23.2 Å². The van der Waals surface area contributed by atoms with Crippen LogP contribution in [0.5, 0.6) is 5.75 Å². The van der Waals surface area contributed by atoms with E-state index in [4.69, 9.17) is 37.8 Å². The molecule has 6 heteroatoms. The van der Waals surface area contributed by atoms with Crippen LogP contribution in [0.15, 0.2) is 12.1 Å². The lowest BCUT2D eigenvalue weighted by atomic mass is 10.2. The zero-order valence-corrected chi connectivity index (χ0v) is 12.3. The molecule has 0 aliphatic heterocycles. The molecule has 4 nitrogen and oxygen atoms in total. The highest BCUT2D eigenvalue weighted by Crippen LogP contribution is 2.32. The maximum Gasteiger partial charge on any atom is 0.339 e. The molecular formula is C13H16Cl2O4. The van der Waals surface area contributed by atoms with Crippen LogP contribution in [0.4, 0.5) is 0 Å². The van der Waals surface area contributed by atoms with Gasteiger partial charge in [-0.05, 0) is 18.1 Å². The van der Waals surface area contributed by atoms with Crippen LogP contribution in [-0.2, 0) is 4.74 Å². The molecule has 0 unspecified atom stereocenters. The van der Waals surface area contributed by atoms with Gasteiger partial charge in [-0.25, -0.2) is 4.79 Å². The Morgan fingerprint density at radius 1 is 1.32 bits per heavy atom. The molecule has 0 fully saturated rings. The Morgan fingerprint density at radius 2 is 2.00 bits per heavy atom. The number of carboxylic acids is 1. The third kappa shape index (κ3) is 5.27. The predicted octanol–water partition coefficient (Wildman–Crippen LogP) is 3.74. The maximum atomic E-state index is 11.1. The Labute approximate surface area is 122 Å². The summed E-state index contributed by atoms with van der Waals surface area (Å²) in [5.74, 6) is -0.581. The number of benzene rings is 1. The minimum atomic E-state index is -1.14. The number of halogens is 2. The summed E-state index contributed by atoms with van der Waals surface area (Å²) >= 11 is 11.7. The highest BCUT2D eigenvalue weighted by molar-refractivity contribution is 6.36. The number of carbonyl (C=O) groups is 1. The van der Waals surface area contributed by atoms with E-state index in [0.717, 1.165) is 0 Å². The van der Waals surface area contributed by atoms with Crippen LogP contribution < -0.4 is 4.74 Å². The van der Waals surface area contributed by atoms with E-state index in [-0.39, 0.29) is 28.0 Å². The molecule has 1 rings (SSSR count). The first-order chi connectivity index (χ1) is 8.91. The third-order valence-corrected chi connectivity index (χ3v) is 2.66. The van der Waals surface area contributed by atoms with E-state index in [2.05, 4.69) is 0 Å². The summed E-state index contributed by atoms with van der Waals surface area (Å²) in [6.07, 6.45) is 0. The van der Waals surface area contributed by atoms with Gasteiger partial charge in [-0.15, -0.1) is 0 Å². The highest BCUT2D eigenvalue weighted by Gasteiger charge is 2.16. The van der Waals surface area contributed by atoms with E-state index in [1.165, 1.54) is 12.1 Å². The van der Waals surface area contributed by atoms with Crippen LogP contribution in [0, 0.1) is 5.92 Å². The number of hydrogen-bond donors (Lipinski definition) is 1. The second kappa shape index (κ2) is 7.58. The van der Waals surface area contributed by atoms with Crippen molar-refractivity contribution in [1.29, 1.82) is 0 Å². The molecule has 1 N–H and O–H groups in total. The molecular weight excluding hydrogens is 291 g/mol. The SMILES string of the molecule is CC(C)COCCOc1c(Cl)cc(Cl)cc1C(=O)O. The summed E-state index contributed by atoms with van der Waals surface area (Å²) in [4.78, 5) is 11.1. The maximum absolute atomic E-state index is 11.1.